The van der Waals surface area contributed by atoms with Crippen molar-refractivity contribution in [3.8, 4) is 6.07 Å². The van der Waals surface area contributed by atoms with E-state index in [1.165, 1.54) is 25.7 Å². The predicted octanol–water partition coefficient (Wildman–Crippen LogP) is 6.38. The van der Waals surface area contributed by atoms with Crippen molar-refractivity contribution in [2.24, 2.45) is 39.9 Å². The van der Waals surface area contributed by atoms with Crippen molar-refractivity contribution < 1.29 is 28.6 Å². The molecule has 1 saturated heterocycles. The van der Waals surface area contributed by atoms with E-state index in [1.54, 1.807) is 0 Å². The summed E-state index contributed by atoms with van der Waals surface area (Å²) in [5, 5.41) is 9.31. The van der Waals surface area contributed by atoms with Crippen LogP contribution in [-0.4, -0.2) is 35.7 Å². The second-order valence-corrected chi connectivity index (χ2v) is 14.1. The molecule has 4 aliphatic rings. The van der Waals surface area contributed by atoms with E-state index < -0.39 is 22.9 Å². The molecule has 0 N–H and O–H groups in total. The van der Waals surface area contributed by atoms with Crippen LogP contribution >= 0.6 is 0 Å². The molecule has 0 radical (unpaired) electrons. The normalized spacial score (nSPS) is 34.1. The first-order valence-corrected chi connectivity index (χ1v) is 14.6. The Bertz CT molecular complexity index is 954. The summed E-state index contributed by atoms with van der Waals surface area (Å²) < 4.78 is 16.8. The maximum absolute atomic E-state index is 12.2. The molecule has 0 amide bonds. The summed E-state index contributed by atoms with van der Waals surface area (Å²) in [6, 6.07) is 2.15. The van der Waals surface area contributed by atoms with Gasteiger partial charge in [-0.3, -0.25) is 14.4 Å². The van der Waals surface area contributed by atoms with Crippen molar-refractivity contribution in [2.45, 2.75) is 131 Å². The first-order chi connectivity index (χ1) is 17.5. The maximum atomic E-state index is 12.2. The minimum absolute atomic E-state index is 0.0476. The summed E-state index contributed by atoms with van der Waals surface area (Å²) in [5.74, 6) is 0.605. The Balaban J connectivity index is 0.000000212. The molecular formula is C31H49NO6. The van der Waals surface area contributed by atoms with E-state index in [-0.39, 0.29) is 40.9 Å². The van der Waals surface area contributed by atoms with Gasteiger partial charge in [0.15, 0.2) is 5.41 Å². The molecule has 214 valence electrons. The van der Waals surface area contributed by atoms with Gasteiger partial charge in [-0.15, -0.1) is 0 Å². The molecule has 7 nitrogen and oxygen atoms in total. The van der Waals surface area contributed by atoms with E-state index in [0.717, 1.165) is 18.8 Å². The average molecular weight is 532 g/mol. The number of rotatable bonds is 7. The number of carbonyl (C=O) groups is 3. The minimum Gasteiger partial charge on any atom is -0.459 e. The number of nitrogens with zero attached hydrogens (tertiary/aromatic N) is 1. The lowest BCUT2D eigenvalue weighted by molar-refractivity contribution is -0.174. The van der Waals surface area contributed by atoms with Crippen molar-refractivity contribution in [1.29, 1.82) is 5.26 Å². The Morgan fingerprint density at radius 3 is 2.08 bits per heavy atom. The van der Waals surface area contributed by atoms with Gasteiger partial charge in [-0.2, -0.15) is 5.26 Å². The Labute approximate surface area is 229 Å². The van der Waals surface area contributed by atoms with E-state index in [4.69, 9.17) is 14.2 Å². The number of carbonyl (C=O) groups excluding carboxylic acids is 3. The highest BCUT2D eigenvalue weighted by Crippen LogP contribution is 2.62. The highest BCUT2D eigenvalue weighted by molar-refractivity contribution is 5.84. The van der Waals surface area contributed by atoms with Crippen LogP contribution in [0.1, 0.15) is 114 Å². The van der Waals surface area contributed by atoms with Gasteiger partial charge >= 0.3 is 17.9 Å². The smallest absolute Gasteiger partial charge is 0.327 e. The number of hydrogen-bond donors (Lipinski definition) is 0. The van der Waals surface area contributed by atoms with Gasteiger partial charge in [0, 0.05) is 11.8 Å². The standard InChI is InChI=1S/C16H30O2.C15H19NO4/c1-7-15(3,4)14(17)18-16(5,6)13-10-8-12(2)9-11-13;1-4-14(2,3)12(17)19-10-8-5-9-11(10)20-13(18)15(9,6-8)7-16/h12-13H,7-11H2,1-6H3;8-11H,4-6H2,1-3H3. The zero-order chi connectivity index (χ0) is 28.7. The van der Waals surface area contributed by atoms with Crippen LogP contribution in [0.4, 0.5) is 0 Å². The molecule has 3 aliphatic carbocycles. The summed E-state index contributed by atoms with van der Waals surface area (Å²) in [6.45, 7) is 18.1. The monoisotopic (exact) mass is 531 g/mol. The SMILES string of the molecule is CCC(C)(C)C(=O)OC(C)(C)C1CCC(C)CC1.CCC(C)(C)C(=O)OC1C2CC3C1OC(=O)C3(C#N)C2. The van der Waals surface area contributed by atoms with Crippen LogP contribution in [0.15, 0.2) is 0 Å². The lowest BCUT2D eigenvalue weighted by Crippen LogP contribution is -2.42. The van der Waals surface area contributed by atoms with Crippen LogP contribution in [0, 0.1) is 51.2 Å². The van der Waals surface area contributed by atoms with Gasteiger partial charge in [0.25, 0.3) is 0 Å². The molecule has 1 heterocycles. The highest BCUT2D eigenvalue weighted by Gasteiger charge is 2.72. The third kappa shape index (κ3) is 5.61. The topological polar surface area (TPSA) is 103 Å². The lowest BCUT2D eigenvalue weighted by Gasteiger charge is -2.39. The quantitative estimate of drug-likeness (QED) is 0.277. The molecule has 7 heteroatoms. The molecule has 5 atom stereocenters. The second-order valence-electron chi connectivity index (χ2n) is 14.1. The molecule has 5 unspecified atom stereocenters. The maximum Gasteiger partial charge on any atom is 0.327 e. The summed E-state index contributed by atoms with van der Waals surface area (Å²) in [4.78, 5) is 36.3. The van der Waals surface area contributed by atoms with Crippen molar-refractivity contribution >= 4 is 17.9 Å². The van der Waals surface area contributed by atoms with E-state index in [1.807, 2.05) is 41.5 Å². The van der Waals surface area contributed by atoms with E-state index >= 15 is 0 Å². The van der Waals surface area contributed by atoms with Crippen LogP contribution in [-0.2, 0) is 28.6 Å². The number of nitriles is 1. The van der Waals surface area contributed by atoms with Gasteiger partial charge in [-0.25, -0.2) is 0 Å². The van der Waals surface area contributed by atoms with Crippen LogP contribution in [0.25, 0.3) is 0 Å². The van der Waals surface area contributed by atoms with Crippen LogP contribution < -0.4 is 0 Å². The molecule has 4 rings (SSSR count). The number of hydrogen-bond acceptors (Lipinski definition) is 7. The zero-order valence-corrected chi connectivity index (χ0v) is 25.0. The average Bonchev–Trinajstić information content (AvgIpc) is 3.46. The van der Waals surface area contributed by atoms with Gasteiger partial charge in [0.1, 0.15) is 17.8 Å². The Hall–Kier alpha value is -2.10. The Morgan fingerprint density at radius 2 is 1.55 bits per heavy atom. The predicted molar refractivity (Wildman–Crippen MR) is 143 cm³/mol. The van der Waals surface area contributed by atoms with Gasteiger partial charge in [0.05, 0.1) is 16.9 Å². The summed E-state index contributed by atoms with van der Waals surface area (Å²) >= 11 is 0. The van der Waals surface area contributed by atoms with Crippen LogP contribution in [0.5, 0.6) is 0 Å². The van der Waals surface area contributed by atoms with Gasteiger partial charge in [0.2, 0.25) is 0 Å². The van der Waals surface area contributed by atoms with Gasteiger partial charge < -0.3 is 14.2 Å². The highest BCUT2D eigenvalue weighted by atomic mass is 16.6. The number of fused-ring (bicyclic) bond motifs is 1. The van der Waals surface area contributed by atoms with Crippen molar-refractivity contribution in [3.05, 3.63) is 0 Å². The van der Waals surface area contributed by atoms with Crippen molar-refractivity contribution in [1.82, 2.24) is 0 Å². The lowest BCUT2D eigenvalue weighted by atomic mass is 9.74. The largest absolute Gasteiger partial charge is 0.459 e. The van der Waals surface area contributed by atoms with E-state index in [9.17, 15) is 19.6 Å². The molecular weight excluding hydrogens is 482 g/mol. The molecule has 0 aromatic rings. The fourth-order valence-electron chi connectivity index (χ4n) is 6.28. The molecule has 0 aromatic carbocycles. The summed E-state index contributed by atoms with van der Waals surface area (Å²) in [5.41, 5.74) is -2.18. The number of ether oxygens (including phenoxy) is 3. The first kappa shape index (κ1) is 30.4. The summed E-state index contributed by atoms with van der Waals surface area (Å²) in [6.07, 6.45) is 6.85. The molecule has 1 aliphatic heterocycles. The minimum atomic E-state index is -0.974. The van der Waals surface area contributed by atoms with Gasteiger partial charge in [-0.05, 0) is 91.9 Å². The van der Waals surface area contributed by atoms with Crippen LogP contribution in [0.3, 0.4) is 0 Å². The zero-order valence-electron chi connectivity index (χ0n) is 25.0. The van der Waals surface area contributed by atoms with Crippen LogP contribution in [0.2, 0.25) is 0 Å². The van der Waals surface area contributed by atoms with Crippen molar-refractivity contribution in [3.63, 3.8) is 0 Å². The Morgan fingerprint density at radius 1 is 1.00 bits per heavy atom. The summed E-state index contributed by atoms with van der Waals surface area (Å²) in [7, 11) is 0. The number of esters is 3. The first-order valence-electron chi connectivity index (χ1n) is 14.6. The molecule has 0 aromatic heterocycles. The van der Waals surface area contributed by atoms with Crippen molar-refractivity contribution in [2.75, 3.05) is 0 Å². The second kappa shape index (κ2) is 10.8. The van der Waals surface area contributed by atoms with E-state index in [2.05, 4.69) is 26.8 Å². The third-order valence-corrected chi connectivity index (χ3v) is 10.2. The molecule has 4 fully saturated rings. The Kier molecular flexibility index (Phi) is 8.66. The fourth-order valence-corrected chi connectivity index (χ4v) is 6.28. The fraction of sp³-hybridized carbons (Fsp3) is 0.871. The molecule has 38 heavy (non-hydrogen) atoms. The molecule has 3 saturated carbocycles. The third-order valence-electron chi connectivity index (χ3n) is 10.2. The molecule has 0 spiro atoms. The van der Waals surface area contributed by atoms with E-state index in [0.29, 0.717) is 18.8 Å². The molecule has 2 bridgehead atoms. The van der Waals surface area contributed by atoms with Gasteiger partial charge in [-0.1, -0.05) is 33.6 Å².